The van der Waals surface area contributed by atoms with E-state index in [1.54, 1.807) is 6.20 Å². The Morgan fingerprint density at radius 3 is 1.44 bits per heavy atom. The SMILES string of the molecule is C.C.C.C.Cc1cc(-c2ccccc2)cc(C)c1-c1cnc2c3[c-]cccc3c3ccccc3n12.Cc1cc2c3ccc[c-]c3c3nc(C(C)C)c(C(C)C)n3c2cc1C.[Ir].[Ir].[Ir].[Ir].[Ir].[c-]1cccc2c1c1nccn1c1cccn21.[c-]1cccc2c1c1nccn1c1cnccc21.[c-]1cccc2c1c1nccn1c1cncn21. The van der Waals surface area contributed by atoms with E-state index in [4.69, 9.17) is 9.97 Å². The number of hydrogen-bond acceptors (Lipinski definition) is 7. The minimum absolute atomic E-state index is 0. The van der Waals surface area contributed by atoms with Gasteiger partial charge < -0.3 is 30.8 Å². The van der Waals surface area contributed by atoms with Gasteiger partial charge in [0.05, 0.1) is 57.7 Å². The average molecular weight is 2380 g/mol. The molecule has 0 saturated carbocycles. The van der Waals surface area contributed by atoms with Crippen LogP contribution in [0.15, 0.2) is 263 Å². The molecule has 0 aliphatic rings. The van der Waals surface area contributed by atoms with Gasteiger partial charge in [0, 0.05) is 185 Å². The standard InChI is InChI=1S/C29H21N2.C23H25N2.C14H8N3.C13H8N3.C12H7N4.4CH4.5Ir/c1-19-16-22(21-10-4-3-5-11-21)17-20(2)28(19)27-18-30-29-25-14-7-6-12-23(25)24-13-8-9-15-26(24)31(27)29;1-13(2)21-22(14(3)4)25-20-12-16(6)15(5)11-19(20)17-9-7-8-10-18(17)23(25)24-21;1-2-4-12-10(3-1)11-5-6-15-9-13(11)17-8-7-16-14(12)17;1-2-5-11-10(4-1)13-14-7-9-16(13)12-6-3-8-15(11)12;1-2-4-10-9(3-1)12-14-5-6-15(12)11-7-13-8-16(10)11;;;;;;;;;/h3-13,15-18H,1-2H3;7-9,11-14H,1-6H3;1-3,5-9H;1-3,5-9H;1-2,4-8H;4*1H4;;;;;/q5*-1;;;;;;;;;. The summed E-state index contributed by atoms with van der Waals surface area (Å²) in [6.45, 7) is 17.8. The van der Waals surface area contributed by atoms with Gasteiger partial charge >= 0.3 is 0 Å². The largest absolute Gasteiger partial charge is 0.345 e. The van der Waals surface area contributed by atoms with Crippen molar-refractivity contribution in [3.8, 4) is 22.4 Å². The molecule has 0 unspecified atom stereocenters. The Kier molecular flexibility index (Phi) is 28.2. The van der Waals surface area contributed by atoms with Crippen molar-refractivity contribution in [3.05, 3.63) is 327 Å². The molecule has 5 radical (unpaired) electrons. The fourth-order valence-corrected chi connectivity index (χ4v) is 15.5. The second-order valence-corrected chi connectivity index (χ2v) is 27.3. The number of pyridine rings is 4. The van der Waals surface area contributed by atoms with E-state index in [1.165, 1.54) is 93.7 Å². The Labute approximate surface area is 731 Å². The maximum atomic E-state index is 5.10. The zero-order valence-corrected chi connectivity index (χ0v) is 72.9. The number of imidazole rings is 6. The third-order valence-electron chi connectivity index (χ3n) is 20.3. The van der Waals surface area contributed by atoms with Gasteiger partial charge in [0.2, 0.25) is 0 Å². The van der Waals surface area contributed by atoms with Crippen molar-refractivity contribution >= 4 is 126 Å². The molecule has 0 N–H and O–H groups in total. The molecule has 0 bridgehead atoms. The van der Waals surface area contributed by atoms with E-state index < -0.39 is 0 Å². The normalized spacial score (nSPS) is 10.9. The van der Waals surface area contributed by atoms with E-state index in [1.807, 2.05) is 138 Å². The molecule has 0 spiro atoms. The van der Waals surface area contributed by atoms with Gasteiger partial charge in [-0.15, -0.1) is 137 Å². The zero-order chi connectivity index (χ0) is 71.1. The van der Waals surface area contributed by atoms with Crippen molar-refractivity contribution in [1.82, 2.24) is 65.7 Å². The minimum atomic E-state index is 0. The predicted octanol–water partition coefficient (Wildman–Crippen LogP) is 23.5. The summed E-state index contributed by atoms with van der Waals surface area (Å²) >= 11 is 0. The van der Waals surface area contributed by atoms with Crippen LogP contribution in [0.5, 0.6) is 0 Å². The summed E-state index contributed by atoms with van der Waals surface area (Å²) in [4.78, 5) is 31.5. The van der Waals surface area contributed by atoms with Gasteiger partial charge in [0.15, 0.2) is 0 Å². The number of para-hydroxylation sites is 1. The molecule has 114 heavy (non-hydrogen) atoms. The van der Waals surface area contributed by atoms with Crippen LogP contribution in [-0.2, 0) is 101 Å². The van der Waals surface area contributed by atoms with Gasteiger partial charge in [-0.3, -0.25) is 29.9 Å². The monoisotopic (exact) mass is 2390 g/mol. The smallest absolute Gasteiger partial charge is 0.125 e. The number of hydrogen-bond donors (Lipinski definition) is 0. The maximum absolute atomic E-state index is 5.10. The molecule has 9 aromatic carbocycles. The molecule has 22 rings (SSSR count). The van der Waals surface area contributed by atoms with E-state index in [2.05, 4.69) is 260 Å². The van der Waals surface area contributed by atoms with Crippen LogP contribution in [0.25, 0.3) is 149 Å². The van der Waals surface area contributed by atoms with Gasteiger partial charge in [-0.25, -0.2) is 4.98 Å². The molecule has 0 saturated heterocycles. The predicted molar refractivity (Wildman–Crippen MR) is 453 cm³/mol. The molecule has 0 atom stereocenters. The van der Waals surface area contributed by atoms with Crippen molar-refractivity contribution in [2.45, 2.75) is 96.9 Å². The number of aromatic nitrogens is 14. The first kappa shape index (κ1) is 87.9. The van der Waals surface area contributed by atoms with Crippen LogP contribution >= 0.6 is 0 Å². The number of benzene rings is 9. The van der Waals surface area contributed by atoms with E-state index in [0.29, 0.717) is 11.8 Å². The Balaban J connectivity index is 0.000000164. The van der Waals surface area contributed by atoms with Crippen LogP contribution in [0.3, 0.4) is 0 Å². The summed E-state index contributed by atoms with van der Waals surface area (Å²) in [7, 11) is 0. The van der Waals surface area contributed by atoms with E-state index in [9.17, 15) is 0 Å². The second-order valence-electron chi connectivity index (χ2n) is 27.3. The van der Waals surface area contributed by atoms with Crippen molar-refractivity contribution in [3.63, 3.8) is 0 Å². The third-order valence-corrected chi connectivity index (χ3v) is 20.3. The van der Waals surface area contributed by atoms with Crippen LogP contribution in [0, 0.1) is 58.0 Å². The molecule has 0 aliphatic carbocycles. The molecule has 0 amide bonds. The summed E-state index contributed by atoms with van der Waals surface area (Å²) in [6.07, 6.45) is 22.7. The van der Waals surface area contributed by atoms with E-state index in [-0.39, 0.29) is 130 Å². The first-order chi connectivity index (χ1) is 51.5. The average Bonchev–Trinajstić information content (AvgIpc) is 1.53. The molecule has 585 valence electrons. The third kappa shape index (κ3) is 15.1. The van der Waals surface area contributed by atoms with Gasteiger partial charge in [0.1, 0.15) is 11.3 Å². The molecular formula is C95H85Ir5N14-5. The van der Waals surface area contributed by atoms with Crippen molar-refractivity contribution in [1.29, 1.82) is 0 Å². The van der Waals surface area contributed by atoms with Gasteiger partial charge in [-0.1, -0.05) is 151 Å². The summed E-state index contributed by atoms with van der Waals surface area (Å²) in [5.74, 6) is 0.816. The minimum Gasteiger partial charge on any atom is -0.345 e. The van der Waals surface area contributed by atoms with Crippen molar-refractivity contribution in [2.75, 3.05) is 0 Å². The molecular weight excluding hydrogens is 2300 g/mol. The van der Waals surface area contributed by atoms with E-state index >= 15 is 0 Å². The molecule has 13 heterocycles. The number of rotatable bonds is 4. The molecule has 0 aliphatic heterocycles. The van der Waals surface area contributed by atoms with Crippen LogP contribution in [0.2, 0.25) is 0 Å². The Morgan fingerprint density at radius 2 is 0.825 bits per heavy atom. The number of aryl methyl sites for hydroxylation is 4. The number of nitrogens with zero attached hydrogens (tertiary/aromatic N) is 14. The molecule has 19 heteroatoms. The zero-order valence-electron chi connectivity index (χ0n) is 60.9. The van der Waals surface area contributed by atoms with Gasteiger partial charge in [-0.05, 0) is 130 Å². The molecule has 0 fully saturated rings. The quantitative estimate of drug-likeness (QED) is 0.127. The van der Waals surface area contributed by atoms with Gasteiger partial charge in [-0.2, -0.15) is 0 Å². The topological polar surface area (TPSA) is 121 Å². The molecule has 13 aromatic heterocycles. The van der Waals surface area contributed by atoms with E-state index in [0.717, 1.165) is 88.7 Å². The molecule has 14 nitrogen and oxygen atoms in total. The Hall–Kier alpha value is -10.1. The first-order valence-corrected chi connectivity index (χ1v) is 35.4. The Morgan fingerprint density at radius 1 is 0.325 bits per heavy atom. The maximum Gasteiger partial charge on any atom is 0.125 e. The van der Waals surface area contributed by atoms with Crippen LogP contribution in [0.1, 0.15) is 103 Å². The van der Waals surface area contributed by atoms with Gasteiger partial charge in [0.25, 0.3) is 0 Å². The summed E-state index contributed by atoms with van der Waals surface area (Å²) < 4.78 is 15.0. The van der Waals surface area contributed by atoms with Crippen molar-refractivity contribution < 1.29 is 101 Å². The first-order valence-electron chi connectivity index (χ1n) is 35.4. The molecule has 22 aromatic rings. The fourth-order valence-electron chi connectivity index (χ4n) is 15.5. The van der Waals surface area contributed by atoms with Crippen LogP contribution in [-0.4, -0.2) is 65.7 Å². The summed E-state index contributed by atoms with van der Waals surface area (Å²) in [5, 5.41) is 12.6. The summed E-state index contributed by atoms with van der Waals surface area (Å²) in [5.41, 5.74) is 25.2. The van der Waals surface area contributed by atoms with Crippen molar-refractivity contribution in [2.24, 2.45) is 0 Å². The van der Waals surface area contributed by atoms with Crippen LogP contribution < -0.4 is 0 Å². The fraction of sp³-hybridized carbons (Fsp3) is 0.147. The number of fused-ring (bicyclic) bond motifs is 30. The second kappa shape index (κ2) is 36.6. The Bertz CT molecular complexity index is 6780. The van der Waals surface area contributed by atoms with Crippen LogP contribution in [0.4, 0.5) is 0 Å². The summed E-state index contributed by atoms with van der Waals surface area (Å²) in [6, 6.07) is 81.5.